The largest absolute Gasteiger partial charge is 0.460 e. The van der Waals surface area contributed by atoms with Crippen molar-refractivity contribution in [2.24, 2.45) is 0 Å². The molecule has 0 aliphatic heterocycles. The second-order valence-electron chi connectivity index (χ2n) is 8.25. The minimum absolute atomic E-state index is 0.0116. The van der Waals surface area contributed by atoms with Crippen LogP contribution in [0.3, 0.4) is 0 Å². The summed E-state index contributed by atoms with van der Waals surface area (Å²) in [6.45, 7) is 9.34. The highest BCUT2D eigenvalue weighted by atomic mass is 79.9. The van der Waals surface area contributed by atoms with Crippen LogP contribution in [0.25, 0.3) is 11.3 Å². The van der Waals surface area contributed by atoms with Gasteiger partial charge in [-0.05, 0) is 63.4 Å². The molecule has 1 amide bonds. The zero-order valence-corrected chi connectivity index (χ0v) is 19.4. The summed E-state index contributed by atoms with van der Waals surface area (Å²) in [7, 11) is 0. The highest BCUT2D eigenvalue weighted by Crippen LogP contribution is 2.35. The first-order valence-corrected chi connectivity index (χ1v) is 10.7. The smallest absolute Gasteiger partial charge is 0.306 e. The average Bonchev–Trinajstić information content (AvgIpc) is 2.92. The van der Waals surface area contributed by atoms with E-state index in [4.69, 9.17) is 9.15 Å². The van der Waals surface area contributed by atoms with Gasteiger partial charge in [-0.3, -0.25) is 9.59 Å². The number of carbonyl (C=O) groups is 2. The number of hydrogen-bond acceptors (Lipinski definition) is 4. The molecular formula is C23H30BrNO4. The Bertz CT molecular complexity index is 837. The molecule has 0 aliphatic rings. The van der Waals surface area contributed by atoms with Crippen molar-refractivity contribution in [3.63, 3.8) is 0 Å². The minimum atomic E-state index is -0.452. The van der Waals surface area contributed by atoms with E-state index in [0.29, 0.717) is 28.0 Å². The highest BCUT2D eigenvalue weighted by Gasteiger charge is 2.23. The molecule has 1 aromatic heterocycles. The van der Waals surface area contributed by atoms with Crippen molar-refractivity contribution >= 4 is 27.8 Å². The van der Waals surface area contributed by atoms with Gasteiger partial charge in [0.25, 0.3) is 5.91 Å². The summed E-state index contributed by atoms with van der Waals surface area (Å²) in [5, 5.41) is 3.02. The van der Waals surface area contributed by atoms with E-state index in [2.05, 4.69) is 21.2 Å². The lowest BCUT2D eigenvalue weighted by atomic mass is 10.1. The standard InChI is InChI=1S/C23H30BrNO4/c1-15(11-9-10-14-18(26)29-23(3,4)5)25-22(27)19-16(2)28-21(20(19)24)17-12-7-6-8-13-17/h6-8,12-13,15H,9-11,14H2,1-5H3,(H,25,27)/t15-/m1/s1. The molecule has 0 fully saturated rings. The molecule has 0 radical (unpaired) electrons. The Morgan fingerprint density at radius 1 is 1.17 bits per heavy atom. The Morgan fingerprint density at radius 3 is 2.45 bits per heavy atom. The van der Waals surface area contributed by atoms with Crippen LogP contribution >= 0.6 is 15.9 Å². The van der Waals surface area contributed by atoms with Crippen LogP contribution in [0.5, 0.6) is 0 Å². The lowest BCUT2D eigenvalue weighted by molar-refractivity contribution is -0.154. The fourth-order valence-corrected chi connectivity index (χ4v) is 3.80. The maximum atomic E-state index is 12.8. The number of halogens is 1. The summed E-state index contributed by atoms with van der Waals surface area (Å²) in [5.74, 6) is 0.879. The van der Waals surface area contributed by atoms with E-state index in [0.717, 1.165) is 24.8 Å². The third kappa shape index (κ3) is 7.03. The van der Waals surface area contributed by atoms with Crippen LogP contribution in [0.1, 0.15) is 69.5 Å². The van der Waals surface area contributed by atoms with Crippen molar-refractivity contribution < 1.29 is 18.7 Å². The van der Waals surface area contributed by atoms with E-state index in [1.54, 1.807) is 6.92 Å². The maximum absolute atomic E-state index is 12.8. The Morgan fingerprint density at radius 2 is 1.83 bits per heavy atom. The Balaban J connectivity index is 1.87. The third-order valence-electron chi connectivity index (χ3n) is 4.35. The predicted octanol–water partition coefficient (Wildman–Crippen LogP) is 6.04. The van der Waals surface area contributed by atoms with Gasteiger partial charge < -0.3 is 14.5 Å². The van der Waals surface area contributed by atoms with Crippen LogP contribution in [0.4, 0.5) is 0 Å². The summed E-state index contributed by atoms with van der Waals surface area (Å²) in [6.07, 6.45) is 2.75. The monoisotopic (exact) mass is 463 g/mol. The number of carbonyl (C=O) groups excluding carboxylic acids is 2. The van der Waals surface area contributed by atoms with Crippen molar-refractivity contribution in [1.82, 2.24) is 5.32 Å². The van der Waals surface area contributed by atoms with Crippen LogP contribution in [0.15, 0.2) is 39.2 Å². The third-order valence-corrected chi connectivity index (χ3v) is 5.11. The quantitative estimate of drug-likeness (QED) is 0.382. The molecule has 2 aromatic rings. The zero-order chi connectivity index (χ0) is 21.6. The van der Waals surface area contributed by atoms with Crippen molar-refractivity contribution in [3.8, 4) is 11.3 Å². The number of aryl methyl sites for hydroxylation is 1. The molecular weight excluding hydrogens is 434 g/mol. The molecule has 1 heterocycles. The summed E-state index contributed by atoms with van der Waals surface area (Å²) >= 11 is 3.53. The van der Waals surface area contributed by atoms with Crippen molar-refractivity contribution in [1.29, 1.82) is 0 Å². The summed E-state index contributed by atoms with van der Waals surface area (Å²) < 4.78 is 11.8. The lowest BCUT2D eigenvalue weighted by Crippen LogP contribution is -2.32. The molecule has 0 saturated carbocycles. The van der Waals surface area contributed by atoms with Gasteiger partial charge in [-0.2, -0.15) is 0 Å². The normalized spacial score (nSPS) is 12.5. The first-order chi connectivity index (χ1) is 13.6. The van der Waals surface area contributed by atoms with Crippen LogP contribution in [-0.4, -0.2) is 23.5 Å². The number of esters is 1. The number of amides is 1. The summed E-state index contributed by atoms with van der Waals surface area (Å²) in [6, 6.07) is 9.67. The number of nitrogens with one attached hydrogen (secondary N) is 1. The van der Waals surface area contributed by atoms with Gasteiger partial charge in [0, 0.05) is 18.0 Å². The Hall–Kier alpha value is -2.08. The van der Waals surface area contributed by atoms with Gasteiger partial charge >= 0.3 is 5.97 Å². The molecule has 6 heteroatoms. The molecule has 0 aliphatic carbocycles. The average molecular weight is 464 g/mol. The van der Waals surface area contributed by atoms with E-state index >= 15 is 0 Å². The number of furan rings is 1. The fraction of sp³-hybridized carbons (Fsp3) is 0.478. The van der Waals surface area contributed by atoms with E-state index in [9.17, 15) is 9.59 Å². The van der Waals surface area contributed by atoms with E-state index in [1.165, 1.54) is 0 Å². The first kappa shape index (κ1) is 23.2. The number of ether oxygens (including phenoxy) is 1. The Kier molecular flexibility index (Phi) is 8.08. The topological polar surface area (TPSA) is 68.5 Å². The molecule has 0 unspecified atom stereocenters. The minimum Gasteiger partial charge on any atom is -0.460 e. The molecule has 1 N–H and O–H groups in total. The van der Waals surface area contributed by atoms with E-state index < -0.39 is 5.60 Å². The number of benzene rings is 1. The molecule has 2 rings (SSSR count). The molecule has 29 heavy (non-hydrogen) atoms. The molecule has 158 valence electrons. The fourth-order valence-electron chi connectivity index (χ4n) is 3.03. The molecule has 0 spiro atoms. The maximum Gasteiger partial charge on any atom is 0.306 e. The molecule has 5 nitrogen and oxygen atoms in total. The molecule has 0 saturated heterocycles. The highest BCUT2D eigenvalue weighted by molar-refractivity contribution is 9.10. The van der Waals surface area contributed by atoms with Crippen LogP contribution in [0.2, 0.25) is 0 Å². The van der Waals surface area contributed by atoms with E-state index in [-0.39, 0.29) is 17.9 Å². The van der Waals surface area contributed by atoms with Gasteiger partial charge in [0.2, 0.25) is 0 Å². The molecule has 1 aromatic carbocycles. The zero-order valence-electron chi connectivity index (χ0n) is 17.8. The SMILES string of the molecule is Cc1oc(-c2ccccc2)c(Br)c1C(=O)N[C@H](C)CCCCC(=O)OC(C)(C)C. The van der Waals surface area contributed by atoms with Gasteiger partial charge in [-0.25, -0.2) is 0 Å². The summed E-state index contributed by atoms with van der Waals surface area (Å²) in [5.41, 5.74) is 0.980. The van der Waals surface area contributed by atoms with E-state index in [1.807, 2.05) is 58.0 Å². The molecule has 1 atom stereocenters. The lowest BCUT2D eigenvalue weighted by Gasteiger charge is -2.19. The van der Waals surface area contributed by atoms with Crippen molar-refractivity contribution in [2.45, 2.75) is 71.9 Å². The first-order valence-electron chi connectivity index (χ1n) is 9.95. The van der Waals surface area contributed by atoms with Gasteiger partial charge in [0.1, 0.15) is 17.1 Å². The Labute approximate surface area is 181 Å². The van der Waals surface area contributed by atoms with Crippen molar-refractivity contribution in [3.05, 3.63) is 46.1 Å². The van der Waals surface area contributed by atoms with Crippen LogP contribution in [0, 0.1) is 6.92 Å². The number of hydrogen-bond donors (Lipinski definition) is 1. The van der Waals surface area contributed by atoms with Gasteiger partial charge in [0.15, 0.2) is 0 Å². The van der Waals surface area contributed by atoms with Gasteiger partial charge in [-0.1, -0.05) is 36.8 Å². The second kappa shape index (κ2) is 10.1. The van der Waals surface area contributed by atoms with Crippen molar-refractivity contribution in [2.75, 3.05) is 0 Å². The molecule has 0 bridgehead atoms. The van der Waals surface area contributed by atoms with Gasteiger partial charge in [0.05, 0.1) is 10.0 Å². The predicted molar refractivity (Wildman–Crippen MR) is 118 cm³/mol. The number of rotatable bonds is 8. The van der Waals surface area contributed by atoms with Gasteiger partial charge in [-0.15, -0.1) is 0 Å². The second-order valence-corrected chi connectivity index (χ2v) is 9.04. The number of unbranched alkanes of at least 4 members (excludes halogenated alkanes) is 1. The van der Waals surface area contributed by atoms with Crippen LogP contribution in [-0.2, 0) is 9.53 Å². The van der Waals surface area contributed by atoms with Crippen LogP contribution < -0.4 is 5.32 Å². The summed E-state index contributed by atoms with van der Waals surface area (Å²) in [4.78, 5) is 24.5.